The van der Waals surface area contributed by atoms with E-state index < -0.39 is 5.63 Å². The predicted molar refractivity (Wildman–Crippen MR) is 115 cm³/mol. The fourth-order valence-corrected chi connectivity index (χ4v) is 3.63. The number of hydrogen-bond donors (Lipinski definition) is 2. The number of phenolic OH excluding ortho intramolecular Hbond substituents is 2. The van der Waals surface area contributed by atoms with Gasteiger partial charge < -0.3 is 14.6 Å². The Labute approximate surface area is 172 Å². The van der Waals surface area contributed by atoms with Crippen molar-refractivity contribution >= 4 is 16.8 Å². The van der Waals surface area contributed by atoms with Crippen LogP contribution in [0.2, 0.25) is 0 Å². The Morgan fingerprint density at radius 3 is 2.23 bits per heavy atom. The molecule has 0 saturated carbocycles. The van der Waals surface area contributed by atoms with Crippen LogP contribution in [0, 0.1) is 6.92 Å². The Morgan fingerprint density at radius 2 is 1.57 bits per heavy atom. The van der Waals surface area contributed by atoms with Gasteiger partial charge in [-0.3, -0.25) is 4.79 Å². The number of ketones is 1. The molecule has 4 rings (SSSR count). The van der Waals surface area contributed by atoms with E-state index in [1.807, 2.05) is 48.5 Å². The number of benzene rings is 3. The average Bonchev–Trinajstić information content (AvgIpc) is 2.77. The molecule has 1 aromatic heterocycles. The minimum Gasteiger partial charge on any atom is -0.507 e. The summed E-state index contributed by atoms with van der Waals surface area (Å²) in [5.41, 5.74) is 1.44. The summed E-state index contributed by atoms with van der Waals surface area (Å²) >= 11 is 0. The SMILES string of the molecule is Cc1c(O)c(C(=O)CCc2ccccc2)c2oc(=O)cc(-c3ccccc3)c2c1O. The second-order valence-electron chi connectivity index (χ2n) is 7.16. The predicted octanol–water partition coefficient (Wildman–Crippen LogP) is 5.00. The summed E-state index contributed by atoms with van der Waals surface area (Å²) in [7, 11) is 0. The van der Waals surface area contributed by atoms with Crippen molar-refractivity contribution in [2.45, 2.75) is 19.8 Å². The molecule has 0 bridgehead atoms. The number of rotatable bonds is 5. The van der Waals surface area contributed by atoms with E-state index in [4.69, 9.17) is 4.42 Å². The molecule has 0 fully saturated rings. The second kappa shape index (κ2) is 7.87. The first-order valence-electron chi connectivity index (χ1n) is 9.62. The Kier molecular flexibility index (Phi) is 5.11. The van der Waals surface area contributed by atoms with E-state index in [0.29, 0.717) is 17.5 Å². The van der Waals surface area contributed by atoms with Crippen molar-refractivity contribution in [3.63, 3.8) is 0 Å². The quantitative estimate of drug-likeness (QED) is 0.364. The lowest BCUT2D eigenvalue weighted by atomic mass is 9.93. The van der Waals surface area contributed by atoms with Gasteiger partial charge in [-0.25, -0.2) is 4.79 Å². The summed E-state index contributed by atoms with van der Waals surface area (Å²) in [6.07, 6.45) is 0.597. The van der Waals surface area contributed by atoms with Crippen molar-refractivity contribution in [2.24, 2.45) is 0 Å². The maximum Gasteiger partial charge on any atom is 0.336 e. The lowest BCUT2D eigenvalue weighted by molar-refractivity contribution is 0.0980. The van der Waals surface area contributed by atoms with Crippen LogP contribution in [0.5, 0.6) is 11.5 Å². The van der Waals surface area contributed by atoms with E-state index >= 15 is 0 Å². The van der Waals surface area contributed by atoms with Crippen LogP contribution < -0.4 is 5.63 Å². The molecule has 0 saturated heterocycles. The molecule has 0 unspecified atom stereocenters. The van der Waals surface area contributed by atoms with Gasteiger partial charge in [0, 0.05) is 23.6 Å². The molecule has 4 aromatic rings. The number of fused-ring (bicyclic) bond motifs is 1. The van der Waals surface area contributed by atoms with Gasteiger partial charge in [0.1, 0.15) is 17.1 Å². The number of aromatic hydroxyl groups is 2. The average molecular weight is 400 g/mol. The molecule has 1 heterocycles. The van der Waals surface area contributed by atoms with Gasteiger partial charge in [0.05, 0.1) is 5.39 Å². The minimum atomic E-state index is -0.666. The van der Waals surface area contributed by atoms with Crippen LogP contribution in [0.3, 0.4) is 0 Å². The van der Waals surface area contributed by atoms with Crippen molar-refractivity contribution < 1.29 is 19.4 Å². The molecule has 0 radical (unpaired) electrons. The zero-order chi connectivity index (χ0) is 21.3. The molecule has 3 aromatic carbocycles. The van der Waals surface area contributed by atoms with Crippen molar-refractivity contribution in [3.8, 4) is 22.6 Å². The van der Waals surface area contributed by atoms with Crippen LogP contribution in [0.4, 0.5) is 0 Å². The van der Waals surface area contributed by atoms with E-state index in [1.54, 1.807) is 12.1 Å². The zero-order valence-corrected chi connectivity index (χ0v) is 16.4. The summed E-state index contributed by atoms with van der Waals surface area (Å²) in [4.78, 5) is 25.4. The van der Waals surface area contributed by atoms with Crippen LogP contribution in [-0.2, 0) is 6.42 Å². The molecular formula is C25H20O5. The molecule has 0 atom stereocenters. The van der Waals surface area contributed by atoms with Gasteiger partial charge in [-0.2, -0.15) is 0 Å². The van der Waals surface area contributed by atoms with Gasteiger partial charge in [-0.15, -0.1) is 0 Å². The van der Waals surface area contributed by atoms with E-state index in [9.17, 15) is 19.8 Å². The highest BCUT2D eigenvalue weighted by Crippen LogP contribution is 2.43. The molecule has 0 amide bonds. The van der Waals surface area contributed by atoms with Gasteiger partial charge in [0.15, 0.2) is 11.4 Å². The van der Waals surface area contributed by atoms with E-state index in [0.717, 1.165) is 5.56 Å². The van der Waals surface area contributed by atoms with Gasteiger partial charge in [-0.05, 0) is 24.5 Å². The maximum absolute atomic E-state index is 13.1. The molecule has 30 heavy (non-hydrogen) atoms. The number of carbonyl (C=O) groups excluding carboxylic acids is 1. The fourth-order valence-electron chi connectivity index (χ4n) is 3.63. The van der Waals surface area contributed by atoms with E-state index in [-0.39, 0.29) is 45.8 Å². The number of carbonyl (C=O) groups is 1. The Morgan fingerprint density at radius 1 is 0.933 bits per heavy atom. The fraction of sp³-hybridized carbons (Fsp3) is 0.120. The number of Topliss-reactive ketones (excluding diaryl/α,β-unsaturated/α-hetero) is 1. The van der Waals surface area contributed by atoms with Crippen LogP contribution in [0.15, 0.2) is 75.9 Å². The van der Waals surface area contributed by atoms with Gasteiger partial charge in [0.25, 0.3) is 0 Å². The summed E-state index contributed by atoms with van der Waals surface area (Å²) in [5, 5.41) is 21.6. The van der Waals surface area contributed by atoms with Crippen LogP contribution in [0.1, 0.15) is 27.9 Å². The van der Waals surface area contributed by atoms with Crippen LogP contribution in [-0.4, -0.2) is 16.0 Å². The highest BCUT2D eigenvalue weighted by Gasteiger charge is 2.26. The topological polar surface area (TPSA) is 87.7 Å². The summed E-state index contributed by atoms with van der Waals surface area (Å²) in [6, 6.07) is 19.9. The van der Waals surface area contributed by atoms with Gasteiger partial charge >= 0.3 is 5.63 Å². The third-order valence-electron chi connectivity index (χ3n) is 5.22. The second-order valence-corrected chi connectivity index (χ2v) is 7.16. The summed E-state index contributed by atoms with van der Waals surface area (Å²) in [6.45, 7) is 1.53. The van der Waals surface area contributed by atoms with E-state index in [1.165, 1.54) is 13.0 Å². The lowest BCUT2D eigenvalue weighted by Gasteiger charge is -2.15. The summed E-state index contributed by atoms with van der Waals surface area (Å²) < 4.78 is 5.35. The number of phenols is 2. The first-order valence-corrected chi connectivity index (χ1v) is 9.62. The highest BCUT2D eigenvalue weighted by atomic mass is 16.4. The molecule has 0 aliphatic carbocycles. The highest BCUT2D eigenvalue weighted by molar-refractivity contribution is 6.13. The third-order valence-corrected chi connectivity index (χ3v) is 5.22. The summed E-state index contributed by atoms with van der Waals surface area (Å²) in [5.74, 6) is -0.950. The first-order chi connectivity index (χ1) is 14.5. The lowest BCUT2D eigenvalue weighted by Crippen LogP contribution is -2.07. The van der Waals surface area contributed by atoms with E-state index in [2.05, 4.69) is 0 Å². The molecule has 2 N–H and O–H groups in total. The zero-order valence-electron chi connectivity index (χ0n) is 16.4. The van der Waals surface area contributed by atoms with Crippen molar-refractivity contribution in [1.82, 2.24) is 0 Å². The molecule has 0 spiro atoms. The van der Waals surface area contributed by atoms with Crippen molar-refractivity contribution in [3.05, 3.63) is 93.8 Å². The van der Waals surface area contributed by atoms with Crippen molar-refractivity contribution in [1.29, 1.82) is 0 Å². The number of hydrogen-bond acceptors (Lipinski definition) is 5. The Bertz CT molecular complexity index is 1290. The smallest absolute Gasteiger partial charge is 0.336 e. The standard InChI is InChI=1S/C25H20O5/c1-15-23(28)21-18(17-10-6-3-7-11-17)14-20(27)30-25(21)22(24(15)29)19(26)13-12-16-8-4-2-5-9-16/h2-11,14,28-29H,12-13H2,1H3. The van der Waals surface area contributed by atoms with Crippen LogP contribution in [0.25, 0.3) is 22.1 Å². The number of aryl methyl sites for hydroxylation is 1. The van der Waals surface area contributed by atoms with Gasteiger partial charge in [0.2, 0.25) is 0 Å². The molecule has 150 valence electrons. The maximum atomic E-state index is 13.1. The van der Waals surface area contributed by atoms with Crippen molar-refractivity contribution in [2.75, 3.05) is 0 Å². The molecule has 5 nitrogen and oxygen atoms in total. The minimum absolute atomic E-state index is 0.0777. The Balaban J connectivity index is 1.91. The first kappa shape index (κ1) is 19.5. The largest absolute Gasteiger partial charge is 0.507 e. The van der Waals surface area contributed by atoms with Gasteiger partial charge in [-0.1, -0.05) is 60.7 Å². The molecule has 5 heteroatoms. The normalized spacial score (nSPS) is 11.0. The Hall–Kier alpha value is -3.86. The third kappa shape index (κ3) is 3.46. The molecule has 0 aliphatic heterocycles. The van der Waals surface area contributed by atoms with Crippen LogP contribution >= 0.6 is 0 Å². The monoisotopic (exact) mass is 400 g/mol. The molecule has 0 aliphatic rings. The molecular weight excluding hydrogens is 380 g/mol.